The molecule has 0 fully saturated rings. The van der Waals surface area contributed by atoms with E-state index in [1.165, 1.54) is 0 Å². The number of carbonyl (C=O) groups is 1. The third-order valence-corrected chi connectivity index (χ3v) is 2.83. The van der Waals surface area contributed by atoms with Gasteiger partial charge in [0.1, 0.15) is 5.75 Å². The van der Waals surface area contributed by atoms with Crippen LogP contribution in [0.25, 0.3) is 0 Å². The second-order valence-electron chi connectivity index (χ2n) is 4.09. The Hall–Kier alpha value is -2.20. The number of urea groups is 1. The summed E-state index contributed by atoms with van der Waals surface area (Å²) < 4.78 is 5.36. The van der Waals surface area contributed by atoms with Gasteiger partial charge in [-0.1, -0.05) is 41.9 Å². The molecule has 0 aliphatic heterocycles. The molecular formula is C15H15ClN2O2. The van der Waals surface area contributed by atoms with Crippen LogP contribution in [0, 0.1) is 0 Å². The van der Waals surface area contributed by atoms with Crippen LogP contribution in [0.3, 0.4) is 0 Å². The lowest BCUT2D eigenvalue weighted by molar-refractivity contribution is 0.223. The van der Waals surface area contributed by atoms with Gasteiger partial charge in [0.05, 0.1) is 0 Å². The van der Waals surface area contributed by atoms with Crippen molar-refractivity contribution in [3.63, 3.8) is 0 Å². The summed E-state index contributed by atoms with van der Waals surface area (Å²) in [6, 6.07) is 16.3. The average molecular weight is 291 g/mol. The largest absolute Gasteiger partial charge is 0.473 e. The molecule has 4 nitrogen and oxygen atoms in total. The van der Waals surface area contributed by atoms with Crippen LogP contribution >= 0.6 is 11.6 Å². The van der Waals surface area contributed by atoms with Gasteiger partial charge >= 0.3 is 6.03 Å². The van der Waals surface area contributed by atoms with Gasteiger partial charge in [0, 0.05) is 11.6 Å². The van der Waals surface area contributed by atoms with Crippen molar-refractivity contribution in [3.8, 4) is 5.75 Å². The van der Waals surface area contributed by atoms with Crippen LogP contribution in [0.1, 0.15) is 5.56 Å². The van der Waals surface area contributed by atoms with E-state index in [1.807, 2.05) is 42.5 Å². The van der Waals surface area contributed by atoms with E-state index in [0.29, 0.717) is 17.3 Å². The van der Waals surface area contributed by atoms with Crippen molar-refractivity contribution in [2.24, 2.45) is 0 Å². The van der Waals surface area contributed by atoms with E-state index in [9.17, 15) is 4.79 Å². The molecule has 104 valence electrons. The Bertz CT molecular complexity index is 544. The molecule has 2 amide bonds. The van der Waals surface area contributed by atoms with Crippen molar-refractivity contribution in [2.45, 2.75) is 6.54 Å². The highest BCUT2D eigenvalue weighted by Gasteiger charge is 2.00. The number of hydrogen-bond donors (Lipinski definition) is 2. The minimum absolute atomic E-state index is 0.121. The molecule has 5 heteroatoms. The normalized spacial score (nSPS) is 9.85. The first-order valence-corrected chi connectivity index (χ1v) is 6.56. The Morgan fingerprint density at radius 1 is 1.00 bits per heavy atom. The van der Waals surface area contributed by atoms with Crippen LogP contribution in [0.15, 0.2) is 54.6 Å². The molecule has 0 atom stereocenters. The second kappa shape index (κ2) is 7.40. The van der Waals surface area contributed by atoms with E-state index in [2.05, 4.69) is 10.6 Å². The Balaban J connectivity index is 1.67. The van der Waals surface area contributed by atoms with Crippen LogP contribution in [0.2, 0.25) is 5.02 Å². The van der Waals surface area contributed by atoms with Gasteiger partial charge in [-0.15, -0.1) is 0 Å². The van der Waals surface area contributed by atoms with Crippen molar-refractivity contribution in [1.82, 2.24) is 10.6 Å². The van der Waals surface area contributed by atoms with Gasteiger partial charge in [0.2, 0.25) is 0 Å². The van der Waals surface area contributed by atoms with Gasteiger partial charge in [-0.05, 0) is 29.8 Å². The Morgan fingerprint density at radius 3 is 2.40 bits per heavy atom. The lowest BCUT2D eigenvalue weighted by Crippen LogP contribution is -2.37. The quantitative estimate of drug-likeness (QED) is 0.831. The summed E-state index contributed by atoms with van der Waals surface area (Å²) in [6.45, 7) is 0.560. The number of hydrogen-bond acceptors (Lipinski definition) is 2. The van der Waals surface area contributed by atoms with Crippen LogP contribution in [-0.4, -0.2) is 12.8 Å². The number of rotatable bonds is 5. The zero-order chi connectivity index (χ0) is 14.2. The van der Waals surface area contributed by atoms with Gasteiger partial charge in [-0.25, -0.2) is 4.79 Å². The van der Waals surface area contributed by atoms with Crippen LogP contribution < -0.4 is 15.4 Å². The van der Waals surface area contributed by atoms with E-state index < -0.39 is 0 Å². The lowest BCUT2D eigenvalue weighted by atomic mass is 10.2. The number of carbonyl (C=O) groups excluding carboxylic acids is 1. The van der Waals surface area contributed by atoms with Crippen molar-refractivity contribution in [1.29, 1.82) is 0 Å². The van der Waals surface area contributed by atoms with Crippen molar-refractivity contribution in [2.75, 3.05) is 6.73 Å². The highest BCUT2D eigenvalue weighted by atomic mass is 35.5. The minimum Gasteiger partial charge on any atom is -0.473 e. The third-order valence-electron chi connectivity index (χ3n) is 2.58. The zero-order valence-corrected chi connectivity index (χ0v) is 11.6. The van der Waals surface area contributed by atoms with Crippen molar-refractivity contribution >= 4 is 17.6 Å². The molecule has 0 saturated heterocycles. The Kier molecular flexibility index (Phi) is 5.26. The molecule has 0 bridgehead atoms. The molecular weight excluding hydrogens is 276 g/mol. The molecule has 0 spiro atoms. The fraction of sp³-hybridized carbons (Fsp3) is 0.133. The fourth-order valence-electron chi connectivity index (χ4n) is 1.55. The summed E-state index contributed by atoms with van der Waals surface area (Å²) in [5.74, 6) is 0.713. The molecule has 0 heterocycles. The highest BCUT2D eigenvalue weighted by Crippen LogP contribution is 2.09. The summed E-state index contributed by atoms with van der Waals surface area (Å²) in [7, 11) is 0. The summed E-state index contributed by atoms with van der Waals surface area (Å²) in [4.78, 5) is 11.5. The maximum Gasteiger partial charge on any atom is 0.317 e. The molecule has 0 saturated carbocycles. The summed E-state index contributed by atoms with van der Waals surface area (Å²) in [5.41, 5.74) is 0.980. The van der Waals surface area contributed by atoms with Crippen molar-refractivity contribution in [3.05, 3.63) is 65.2 Å². The maximum absolute atomic E-state index is 11.5. The first-order chi connectivity index (χ1) is 9.74. The number of benzene rings is 2. The van der Waals surface area contributed by atoms with E-state index in [1.54, 1.807) is 12.1 Å². The lowest BCUT2D eigenvalue weighted by Gasteiger charge is -2.09. The fourth-order valence-corrected chi connectivity index (χ4v) is 1.67. The minimum atomic E-state index is -0.282. The maximum atomic E-state index is 11.5. The molecule has 0 aliphatic carbocycles. The number of para-hydroxylation sites is 1. The van der Waals surface area contributed by atoms with Crippen LogP contribution in [0.4, 0.5) is 4.79 Å². The molecule has 2 aromatic rings. The predicted molar refractivity (Wildman–Crippen MR) is 78.8 cm³/mol. The number of halogens is 1. The number of nitrogens with one attached hydrogen (secondary N) is 2. The van der Waals surface area contributed by atoms with Gasteiger partial charge in [-0.3, -0.25) is 0 Å². The topological polar surface area (TPSA) is 50.4 Å². The van der Waals surface area contributed by atoms with E-state index in [-0.39, 0.29) is 12.8 Å². The standard InChI is InChI=1S/C15H15ClN2O2/c16-13-8-6-12(7-9-13)10-17-15(19)18-11-20-14-4-2-1-3-5-14/h1-9H,10-11H2,(H2,17,18,19). The molecule has 0 aliphatic rings. The molecule has 2 aromatic carbocycles. The van der Waals surface area contributed by atoms with E-state index in [4.69, 9.17) is 16.3 Å². The highest BCUT2D eigenvalue weighted by molar-refractivity contribution is 6.30. The van der Waals surface area contributed by atoms with Crippen LogP contribution in [0.5, 0.6) is 5.75 Å². The predicted octanol–water partition coefficient (Wildman–Crippen LogP) is 3.18. The Morgan fingerprint density at radius 2 is 1.70 bits per heavy atom. The monoisotopic (exact) mass is 290 g/mol. The van der Waals surface area contributed by atoms with Gasteiger partial charge in [0.15, 0.2) is 6.73 Å². The van der Waals surface area contributed by atoms with Gasteiger partial charge in [0.25, 0.3) is 0 Å². The smallest absolute Gasteiger partial charge is 0.317 e. The molecule has 2 N–H and O–H groups in total. The first kappa shape index (κ1) is 14.2. The van der Waals surface area contributed by atoms with Crippen LogP contribution in [-0.2, 0) is 6.54 Å². The Labute approximate surface area is 122 Å². The molecule has 0 unspecified atom stereocenters. The summed E-state index contributed by atoms with van der Waals surface area (Å²) in [6.07, 6.45) is 0. The summed E-state index contributed by atoms with van der Waals surface area (Å²) in [5, 5.41) is 6.02. The molecule has 0 radical (unpaired) electrons. The third kappa shape index (κ3) is 4.82. The zero-order valence-electron chi connectivity index (χ0n) is 10.8. The average Bonchev–Trinajstić information content (AvgIpc) is 2.48. The SMILES string of the molecule is O=C(NCOc1ccccc1)NCc1ccc(Cl)cc1. The van der Waals surface area contributed by atoms with Gasteiger partial charge < -0.3 is 15.4 Å². The molecule has 20 heavy (non-hydrogen) atoms. The van der Waals surface area contributed by atoms with E-state index >= 15 is 0 Å². The van der Waals surface area contributed by atoms with E-state index in [0.717, 1.165) is 5.56 Å². The number of amides is 2. The van der Waals surface area contributed by atoms with Gasteiger partial charge in [-0.2, -0.15) is 0 Å². The molecule has 0 aromatic heterocycles. The summed E-state index contributed by atoms with van der Waals surface area (Å²) >= 11 is 5.78. The molecule has 2 rings (SSSR count). The second-order valence-corrected chi connectivity index (χ2v) is 4.52. The van der Waals surface area contributed by atoms with Crippen molar-refractivity contribution < 1.29 is 9.53 Å². The first-order valence-electron chi connectivity index (χ1n) is 6.18. The number of ether oxygens (including phenoxy) is 1.